The molecule has 1 aromatic heterocycles. The topological polar surface area (TPSA) is 33.2 Å². The molecule has 0 spiro atoms. The van der Waals surface area contributed by atoms with E-state index in [0.29, 0.717) is 24.5 Å². The average molecular weight is 254 g/mol. The van der Waals surface area contributed by atoms with Crippen molar-refractivity contribution in [2.75, 3.05) is 13.1 Å². The Balaban J connectivity index is 1.76. The Morgan fingerprint density at radius 2 is 2.16 bits per heavy atom. The van der Waals surface area contributed by atoms with Crippen molar-refractivity contribution in [1.29, 1.82) is 0 Å². The number of nitrogens with zero attached hydrogens (tertiary/aromatic N) is 2. The number of piperidine rings is 1. The van der Waals surface area contributed by atoms with Crippen LogP contribution in [0.4, 0.5) is 0 Å². The lowest BCUT2D eigenvalue weighted by Crippen LogP contribution is -2.44. The third-order valence-corrected chi connectivity index (χ3v) is 5.00. The zero-order chi connectivity index (χ0) is 13.0. The first kappa shape index (κ1) is 11.4. The van der Waals surface area contributed by atoms with Crippen molar-refractivity contribution < 1.29 is 4.79 Å². The molecular formula is C16H18N2O. The van der Waals surface area contributed by atoms with Gasteiger partial charge in [-0.1, -0.05) is 17.7 Å². The molecule has 3 aliphatic rings. The van der Waals surface area contributed by atoms with E-state index in [1.54, 1.807) is 0 Å². The van der Waals surface area contributed by atoms with E-state index >= 15 is 0 Å². The maximum absolute atomic E-state index is 11.5. The minimum atomic E-state index is 0.107. The van der Waals surface area contributed by atoms with Crippen LogP contribution in [0.3, 0.4) is 0 Å². The molecule has 19 heavy (non-hydrogen) atoms. The molecule has 1 saturated carbocycles. The molecule has 1 aliphatic heterocycles. The third-order valence-electron chi connectivity index (χ3n) is 5.00. The Hall–Kier alpha value is -1.48. The number of likely N-dealkylation sites (tertiary alicyclic amines) is 1. The Kier molecular flexibility index (Phi) is 2.25. The number of carbonyl (C=O) groups is 1. The van der Waals surface area contributed by atoms with Crippen LogP contribution in [0.15, 0.2) is 23.9 Å². The van der Waals surface area contributed by atoms with Crippen LogP contribution >= 0.6 is 0 Å². The van der Waals surface area contributed by atoms with Crippen LogP contribution < -0.4 is 0 Å². The second-order valence-corrected chi connectivity index (χ2v) is 6.04. The summed E-state index contributed by atoms with van der Waals surface area (Å²) in [5.74, 6) is 1.03. The van der Waals surface area contributed by atoms with Crippen LogP contribution in [0.5, 0.6) is 0 Å². The highest BCUT2D eigenvalue weighted by atomic mass is 16.1. The maximum Gasteiger partial charge on any atom is 0.135 e. The molecule has 98 valence electrons. The second kappa shape index (κ2) is 3.76. The molecule has 2 fully saturated rings. The molecule has 0 N–H and O–H groups in total. The fourth-order valence-corrected chi connectivity index (χ4v) is 3.95. The molecule has 0 aromatic carbocycles. The van der Waals surface area contributed by atoms with E-state index < -0.39 is 0 Å². The van der Waals surface area contributed by atoms with E-state index in [0.717, 1.165) is 13.1 Å². The van der Waals surface area contributed by atoms with Gasteiger partial charge in [0, 0.05) is 38.0 Å². The molecule has 4 rings (SSSR count). The highest BCUT2D eigenvalue weighted by Crippen LogP contribution is 2.62. The van der Waals surface area contributed by atoms with Crippen molar-refractivity contribution in [2.24, 2.45) is 5.92 Å². The van der Waals surface area contributed by atoms with E-state index in [9.17, 15) is 4.79 Å². The zero-order valence-electron chi connectivity index (χ0n) is 11.2. The van der Waals surface area contributed by atoms with Crippen LogP contribution in [0, 0.1) is 5.92 Å². The quantitative estimate of drug-likeness (QED) is 0.771. The lowest BCUT2D eigenvalue weighted by Gasteiger charge is -2.37. The molecule has 0 radical (unpaired) electrons. The standard InChI is InChI=1S/C16H18N2O/c1-11-9-12-3-2-6-17-15(12)16(10-14(11)16)18-7-4-13(19)5-8-18/h2-3,6,9,14H,4-5,7-8,10H2,1H3. The highest BCUT2D eigenvalue weighted by molar-refractivity contribution is 5.79. The van der Waals surface area contributed by atoms with Gasteiger partial charge in [0.2, 0.25) is 0 Å². The average Bonchev–Trinajstić information content (AvgIpc) is 3.17. The van der Waals surface area contributed by atoms with Gasteiger partial charge in [-0.25, -0.2) is 0 Å². The molecule has 3 nitrogen and oxygen atoms in total. The van der Waals surface area contributed by atoms with Crippen molar-refractivity contribution in [2.45, 2.75) is 31.7 Å². The summed E-state index contributed by atoms with van der Waals surface area (Å²) < 4.78 is 0. The lowest BCUT2D eigenvalue weighted by molar-refractivity contribution is -0.122. The first-order valence-corrected chi connectivity index (χ1v) is 7.12. The largest absolute Gasteiger partial charge is 0.300 e. The summed E-state index contributed by atoms with van der Waals surface area (Å²) in [6.45, 7) is 4.04. The number of hydrogen-bond acceptors (Lipinski definition) is 3. The smallest absolute Gasteiger partial charge is 0.135 e. The monoisotopic (exact) mass is 254 g/mol. The predicted octanol–water partition coefficient (Wildman–Crippen LogP) is 2.38. The summed E-state index contributed by atoms with van der Waals surface area (Å²) in [6.07, 6.45) is 6.78. The first-order chi connectivity index (χ1) is 9.22. The molecule has 2 atom stereocenters. The van der Waals surface area contributed by atoms with Gasteiger partial charge in [-0.05, 0) is 25.0 Å². The number of fused-ring (bicyclic) bond motifs is 3. The number of hydrogen-bond donors (Lipinski definition) is 0. The van der Waals surface area contributed by atoms with Crippen molar-refractivity contribution >= 4 is 11.9 Å². The number of carbonyl (C=O) groups excluding carboxylic acids is 1. The van der Waals surface area contributed by atoms with Crippen LogP contribution in [0.1, 0.15) is 37.4 Å². The maximum atomic E-state index is 11.5. The SMILES string of the molecule is CC1=Cc2cccnc2C2(N3CCC(=O)CC3)CC12. The number of pyridine rings is 1. The van der Waals surface area contributed by atoms with Gasteiger partial charge in [0.25, 0.3) is 0 Å². The summed E-state index contributed by atoms with van der Waals surface area (Å²) >= 11 is 0. The van der Waals surface area contributed by atoms with Gasteiger partial charge in [-0.3, -0.25) is 14.7 Å². The van der Waals surface area contributed by atoms with E-state index in [4.69, 9.17) is 0 Å². The summed E-state index contributed by atoms with van der Waals surface area (Å²) in [4.78, 5) is 18.7. The second-order valence-electron chi connectivity index (χ2n) is 6.04. The Labute approximate surface area is 113 Å². The summed E-state index contributed by atoms with van der Waals surface area (Å²) in [6, 6.07) is 4.18. The van der Waals surface area contributed by atoms with Crippen LogP contribution in [-0.2, 0) is 10.3 Å². The summed E-state index contributed by atoms with van der Waals surface area (Å²) in [7, 11) is 0. The Bertz CT molecular complexity index is 582. The molecule has 0 bridgehead atoms. The van der Waals surface area contributed by atoms with Gasteiger partial charge in [-0.15, -0.1) is 0 Å². The Morgan fingerprint density at radius 1 is 1.37 bits per heavy atom. The predicted molar refractivity (Wildman–Crippen MR) is 73.5 cm³/mol. The number of aromatic nitrogens is 1. The summed E-state index contributed by atoms with van der Waals surface area (Å²) in [5.41, 5.74) is 4.08. The van der Waals surface area contributed by atoms with Gasteiger partial charge >= 0.3 is 0 Å². The van der Waals surface area contributed by atoms with E-state index in [2.05, 4.69) is 29.0 Å². The van der Waals surface area contributed by atoms with Crippen LogP contribution in [-0.4, -0.2) is 28.8 Å². The lowest BCUT2D eigenvalue weighted by atomic mass is 9.90. The van der Waals surface area contributed by atoms with Crippen LogP contribution in [0.2, 0.25) is 0 Å². The van der Waals surface area contributed by atoms with Crippen LogP contribution in [0.25, 0.3) is 6.08 Å². The van der Waals surface area contributed by atoms with Crippen molar-refractivity contribution in [1.82, 2.24) is 9.88 Å². The molecule has 2 aliphatic carbocycles. The van der Waals surface area contributed by atoms with E-state index in [-0.39, 0.29) is 5.54 Å². The van der Waals surface area contributed by atoms with Crippen molar-refractivity contribution in [3.05, 3.63) is 35.2 Å². The van der Waals surface area contributed by atoms with Gasteiger partial charge in [0.05, 0.1) is 11.2 Å². The zero-order valence-corrected chi connectivity index (χ0v) is 11.2. The van der Waals surface area contributed by atoms with Gasteiger partial charge in [-0.2, -0.15) is 0 Å². The Morgan fingerprint density at radius 3 is 2.95 bits per heavy atom. The molecular weight excluding hydrogens is 236 g/mol. The highest BCUT2D eigenvalue weighted by Gasteiger charge is 2.62. The summed E-state index contributed by atoms with van der Waals surface area (Å²) in [5, 5.41) is 0. The molecule has 1 saturated heterocycles. The molecule has 1 aromatic rings. The fourth-order valence-electron chi connectivity index (χ4n) is 3.95. The van der Waals surface area contributed by atoms with E-state index in [1.165, 1.54) is 23.3 Å². The van der Waals surface area contributed by atoms with Gasteiger partial charge in [0.1, 0.15) is 5.78 Å². The van der Waals surface area contributed by atoms with Crippen molar-refractivity contribution in [3.63, 3.8) is 0 Å². The first-order valence-electron chi connectivity index (χ1n) is 7.12. The molecule has 2 heterocycles. The van der Waals surface area contributed by atoms with Crippen molar-refractivity contribution in [3.8, 4) is 0 Å². The van der Waals surface area contributed by atoms with E-state index in [1.807, 2.05) is 12.3 Å². The molecule has 3 heteroatoms. The number of Topliss-reactive ketones (excluding diaryl/α,β-unsaturated/α-hetero) is 1. The number of rotatable bonds is 1. The van der Waals surface area contributed by atoms with Gasteiger partial charge in [0.15, 0.2) is 0 Å². The third kappa shape index (κ3) is 1.48. The minimum Gasteiger partial charge on any atom is -0.300 e. The number of ketones is 1. The molecule has 0 amide bonds. The normalized spacial score (nSPS) is 33.4. The van der Waals surface area contributed by atoms with Gasteiger partial charge < -0.3 is 0 Å². The molecule has 2 unspecified atom stereocenters. The minimum absolute atomic E-state index is 0.107. The fraction of sp³-hybridized carbons (Fsp3) is 0.500.